The van der Waals surface area contributed by atoms with E-state index < -0.39 is 0 Å². The van der Waals surface area contributed by atoms with Gasteiger partial charge in [0, 0.05) is 11.3 Å². The molecule has 4 unspecified atom stereocenters. The molecule has 1 saturated heterocycles. The fraction of sp³-hybridized carbons (Fsp3) is 0.933. The molecule has 1 aliphatic heterocycles. The van der Waals surface area contributed by atoms with Crippen LogP contribution in [0.1, 0.15) is 45.4 Å². The molecule has 0 bridgehead atoms. The minimum atomic E-state index is 0.284. The highest BCUT2D eigenvalue weighted by Crippen LogP contribution is 2.33. The van der Waals surface area contributed by atoms with Gasteiger partial charge in [0.25, 0.3) is 0 Å². The van der Waals surface area contributed by atoms with Crippen LogP contribution in [-0.2, 0) is 0 Å². The first kappa shape index (κ1) is 14.2. The number of rotatable bonds is 2. The standard InChI is InChI=1S/C15H26N2S/c1-12-5-6-13(11-16)15(10-12)17-8-3-4-14(18-2)7-9-17/h12-15H,3-10H2,1-2H3. The van der Waals surface area contributed by atoms with Crippen molar-refractivity contribution in [3.63, 3.8) is 0 Å². The lowest BCUT2D eigenvalue weighted by molar-refractivity contribution is 0.109. The maximum atomic E-state index is 9.37. The van der Waals surface area contributed by atoms with Crippen molar-refractivity contribution < 1.29 is 0 Å². The fourth-order valence-corrected chi connectivity index (χ4v) is 4.30. The quantitative estimate of drug-likeness (QED) is 0.765. The van der Waals surface area contributed by atoms with Crippen molar-refractivity contribution in [2.45, 2.75) is 56.7 Å². The van der Waals surface area contributed by atoms with E-state index in [0.717, 1.165) is 17.6 Å². The summed E-state index contributed by atoms with van der Waals surface area (Å²) in [7, 11) is 0. The van der Waals surface area contributed by atoms with Crippen LogP contribution in [-0.4, -0.2) is 35.5 Å². The highest BCUT2D eigenvalue weighted by molar-refractivity contribution is 7.99. The Morgan fingerprint density at radius 1 is 1.17 bits per heavy atom. The van der Waals surface area contributed by atoms with Gasteiger partial charge in [0.05, 0.1) is 12.0 Å². The van der Waals surface area contributed by atoms with Gasteiger partial charge < -0.3 is 0 Å². The third-order valence-corrected chi connectivity index (χ3v) is 5.89. The summed E-state index contributed by atoms with van der Waals surface area (Å²) < 4.78 is 0. The van der Waals surface area contributed by atoms with Crippen LogP contribution >= 0.6 is 11.8 Å². The van der Waals surface area contributed by atoms with Gasteiger partial charge in [0.2, 0.25) is 0 Å². The zero-order valence-corrected chi connectivity index (χ0v) is 12.6. The summed E-state index contributed by atoms with van der Waals surface area (Å²) in [4.78, 5) is 2.64. The highest BCUT2D eigenvalue weighted by atomic mass is 32.2. The van der Waals surface area contributed by atoms with E-state index in [4.69, 9.17) is 0 Å². The Kier molecular flexibility index (Phi) is 5.38. The zero-order chi connectivity index (χ0) is 13.0. The Labute approximate surface area is 116 Å². The molecule has 2 nitrogen and oxygen atoms in total. The number of nitriles is 1. The predicted octanol–water partition coefficient (Wildman–Crippen LogP) is 3.53. The van der Waals surface area contributed by atoms with Gasteiger partial charge >= 0.3 is 0 Å². The SMILES string of the molecule is CSC1CCCN(C2CC(C)CCC2C#N)CC1. The highest BCUT2D eigenvalue weighted by Gasteiger charge is 2.33. The predicted molar refractivity (Wildman–Crippen MR) is 78.6 cm³/mol. The first-order valence-electron chi connectivity index (χ1n) is 7.41. The zero-order valence-electron chi connectivity index (χ0n) is 11.8. The number of nitrogens with zero attached hydrogens (tertiary/aromatic N) is 2. The molecule has 0 aromatic heterocycles. The maximum absolute atomic E-state index is 9.37. The van der Waals surface area contributed by atoms with Gasteiger partial charge in [0.1, 0.15) is 0 Å². The average molecular weight is 266 g/mol. The van der Waals surface area contributed by atoms with E-state index >= 15 is 0 Å². The number of thioether (sulfide) groups is 1. The van der Waals surface area contributed by atoms with Gasteiger partial charge in [-0.3, -0.25) is 4.90 Å². The molecule has 2 fully saturated rings. The van der Waals surface area contributed by atoms with Gasteiger partial charge in [-0.05, 0) is 63.8 Å². The molecular weight excluding hydrogens is 240 g/mol. The second-order valence-electron chi connectivity index (χ2n) is 6.05. The summed E-state index contributed by atoms with van der Waals surface area (Å²) in [6.07, 6.45) is 9.82. The third kappa shape index (κ3) is 3.42. The normalized spacial score (nSPS) is 38.9. The van der Waals surface area contributed by atoms with E-state index in [1.165, 1.54) is 45.2 Å². The van der Waals surface area contributed by atoms with E-state index in [1.54, 1.807) is 0 Å². The summed E-state index contributed by atoms with van der Waals surface area (Å²) in [5, 5.41) is 10.2. The second-order valence-corrected chi connectivity index (χ2v) is 7.18. The minimum absolute atomic E-state index is 0.284. The molecule has 1 saturated carbocycles. The summed E-state index contributed by atoms with van der Waals surface area (Å²) in [6, 6.07) is 3.11. The molecule has 0 spiro atoms. The lowest BCUT2D eigenvalue weighted by atomic mass is 9.79. The molecule has 0 aromatic carbocycles. The van der Waals surface area contributed by atoms with Crippen molar-refractivity contribution >= 4 is 11.8 Å². The molecule has 0 radical (unpaired) electrons. The topological polar surface area (TPSA) is 27.0 Å². The van der Waals surface area contributed by atoms with Crippen LogP contribution in [0.4, 0.5) is 0 Å². The molecule has 2 aliphatic rings. The lowest BCUT2D eigenvalue weighted by Crippen LogP contribution is -2.44. The molecule has 0 amide bonds. The van der Waals surface area contributed by atoms with Crippen LogP contribution in [0.25, 0.3) is 0 Å². The summed E-state index contributed by atoms with van der Waals surface area (Å²) >= 11 is 2.02. The molecule has 18 heavy (non-hydrogen) atoms. The van der Waals surface area contributed by atoms with Gasteiger partial charge in [-0.25, -0.2) is 0 Å². The van der Waals surface area contributed by atoms with E-state index in [-0.39, 0.29) is 5.92 Å². The van der Waals surface area contributed by atoms with Crippen molar-refractivity contribution in [1.29, 1.82) is 5.26 Å². The van der Waals surface area contributed by atoms with E-state index in [2.05, 4.69) is 24.1 Å². The van der Waals surface area contributed by atoms with Crippen molar-refractivity contribution in [2.75, 3.05) is 19.3 Å². The van der Waals surface area contributed by atoms with Crippen LogP contribution in [0.5, 0.6) is 0 Å². The van der Waals surface area contributed by atoms with E-state index in [0.29, 0.717) is 6.04 Å². The summed E-state index contributed by atoms with van der Waals surface area (Å²) in [5.41, 5.74) is 0. The lowest BCUT2D eigenvalue weighted by Gasteiger charge is -2.39. The molecule has 1 heterocycles. The molecule has 102 valence electrons. The molecule has 4 atom stereocenters. The van der Waals surface area contributed by atoms with Gasteiger partial charge in [0.15, 0.2) is 0 Å². The Hall–Kier alpha value is -0.200. The fourth-order valence-electron chi connectivity index (χ4n) is 3.56. The van der Waals surface area contributed by atoms with Gasteiger partial charge in [-0.1, -0.05) is 6.92 Å². The summed E-state index contributed by atoms with van der Waals surface area (Å²) in [5.74, 6) is 1.09. The van der Waals surface area contributed by atoms with Crippen molar-refractivity contribution in [3.8, 4) is 6.07 Å². The van der Waals surface area contributed by atoms with Gasteiger partial charge in [-0.2, -0.15) is 17.0 Å². The molecule has 1 aliphatic carbocycles. The van der Waals surface area contributed by atoms with Crippen molar-refractivity contribution in [2.24, 2.45) is 11.8 Å². The van der Waals surface area contributed by atoms with Gasteiger partial charge in [-0.15, -0.1) is 0 Å². The Morgan fingerprint density at radius 3 is 2.72 bits per heavy atom. The molecular formula is C15H26N2S. The van der Waals surface area contributed by atoms with E-state index in [9.17, 15) is 5.26 Å². The molecule has 0 aromatic rings. The first-order chi connectivity index (χ1) is 8.74. The molecule has 3 heteroatoms. The summed E-state index contributed by atoms with van der Waals surface area (Å²) in [6.45, 7) is 4.77. The number of hydrogen-bond donors (Lipinski definition) is 0. The van der Waals surface area contributed by atoms with Crippen LogP contribution < -0.4 is 0 Å². The molecule has 2 rings (SSSR count). The van der Waals surface area contributed by atoms with Crippen LogP contribution in [0.2, 0.25) is 0 Å². The number of hydrogen-bond acceptors (Lipinski definition) is 3. The van der Waals surface area contributed by atoms with Crippen molar-refractivity contribution in [3.05, 3.63) is 0 Å². The molecule has 0 N–H and O–H groups in total. The largest absolute Gasteiger partial charge is 0.299 e. The smallest absolute Gasteiger partial charge is 0.0672 e. The average Bonchev–Trinajstić information content (AvgIpc) is 2.63. The van der Waals surface area contributed by atoms with Crippen molar-refractivity contribution in [1.82, 2.24) is 4.90 Å². The Morgan fingerprint density at radius 2 is 2.00 bits per heavy atom. The Balaban J connectivity index is 1.98. The number of likely N-dealkylation sites (tertiary alicyclic amines) is 1. The van der Waals surface area contributed by atoms with Crippen LogP contribution in [0, 0.1) is 23.2 Å². The minimum Gasteiger partial charge on any atom is -0.299 e. The monoisotopic (exact) mass is 266 g/mol. The maximum Gasteiger partial charge on any atom is 0.0672 e. The van der Waals surface area contributed by atoms with Crippen LogP contribution in [0.3, 0.4) is 0 Å². The first-order valence-corrected chi connectivity index (χ1v) is 8.69. The second kappa shape index (κ2) is 6.82. The van der Waals surface area contributed by atoms with Crippen LogP contribution in [0.15, 0.2) is 0 Å². The Bertz CT molecular complexity index is 299. The third-order valence-electron chi connectivity index (χ3n) is 4.76. The van der Waals surface area contributed by atoms with E-state index in [1.807, 2.05) is 11.8 Å².